The molecule has 5 aromatic rings. The van der Waals surface area contributed by atoms with Gasteiger partial charge in [0.15, 0.2) is 7.14 Å². The maximum absolute atomic E-state index is 15.0. The van der Waals surface area contributed by atoms with Crippen LogP contribution in [-0.4, -0.2) is 0 Å². The fourth-order valence-electron chi connectivity index (χ4n) is 4.73. The first-order chi connectivity index (χ1) is 14.2. The molecule has 6 rings (SSSR count). The van der Waals surface area contributed by atoms with E-state index < -0.39 is 7.14 Å². The molecule has 1 unspecified atom stereocenters. The van der Waals surface area contributed by atoms with Gasteiger partial charge in [-0.05, 0) is 39.2 Å². The third-order valence-electron chi connectivity index (χ3n) is 5.91. The largest absolute Gasteiger partial charge is 0.309 e. The second-order valence-electron chi connectivity index (χ2n) is 7.42. The normalized spacial score (nSPS) is 17.4. The summed E-state index contributed by atoms with van der Waals surface area (Å²) in [5.41, 5.74) is 2.14. The van der Waals surface area contributed by atoms with E-state index in [0.29, 0.717) is 5.02 Å². The summed E-state index contributed by atoms with van der Waals surface area (Å²) in [6, 6.07) is 32.3. The molecule has 0 N–H and O–H groups in total. The SMILES string of the molecule is O=P1(c2ccccc2)c2ccccc2-c2c1c1ccccc1c1cc(Cl)ccc21. The number of hydrogen-bond acceptors (Lipinski definition) is 1. The molecule has 5 aromatic carbocycles. The van der Waals surface area contributed by atoms with Crippen molar-refractivity contribution in [3.63, 3.8) is 0 Å². The molecule has 138 valence electrons. The average molecular weight is 411 g/mol. The topological polar surface area (TPSA) is 17.1 Å². The number of hydrogen-bond donors (Lipinski definition) is 0. The molecule has 0 amide bonds. The Morgan fingerprint density at radius 3 is 2.14 bits per heavy atom. The lowest BCUT2D eigenvalue weighted by Gasteiger charge is -2.19. The minimum atomic E-state index is -3.00. The molecule has 0 aliphatic carbocycles. The maximum atomic E-state index is 15.0. The summed E-state index contributed by atoms with van der Waals surface area (Å²) in [6.45, 7) is 0. The van der Waals surface area contributed by atoms with E-state index in [1.807, 2.05) is 72.8 Å². The van der Waals surface area contributed by atoms with Crippen molar-refractivity contribution in [2.75, 3.05) is 0 Å². The fourth-order valence-corrected chi connectivity index (χ4v) is 8.18. The standard InChI is InChI=1S/C26H16ClOP/c27-17-14-15-20-23(16-17)19-10-4-5-11-21(19)26-25(20)22-12-6-7-13-24(22)29(26,28)18-8-2-1-3-9-18/h1-16H. The molecule has 0 spiro atoms. The molecule has 29 heavy (non-hydrogen) atoms. The molecule has 1 aliphatic rings. The summed E-state index contributed by atoms with van der Waals surface area (Å²) in [4.78, 5) is 0. The Labute approximate surface area is 173 Å². The minimum Gasteiger partial charge on any atom is -0.309 e. The predicted octanol–water partition coefficient (Wildman–Crippen LogP) is 6.27. The van der Waals surface area contributed by atoms with Crippen molar-refractivity contribution in [1.29, 1.82) is 0 Å². The Bertz CT molecular complexity index is 1490. The van der Waals surface area contributed by atoms with Crippen LogP contribution in [0.5, 0.6) is 0 Å². The van der Waals surface area contributed by atoms with Crippen LogP contribution in [0, 0.1) is 0 Å². The van der Waals surface area contributed by atoms with Gasteiger partial charge in [0, 0.05) is 26.5 Å². The fraction of sp³-hybridized carbons (Fsp3) is 0. The summed E-state index contributed by atoms with van der Waals surface area (Å²) < 4.78 is 15.0. The summed E-state index contributed by atoms with van der Waals surface area (Å²) in [6.07, 6.45) is 0. The molecular weight excluding hydrogens is 395 g/mol. The Morgan fingerprint density at radius 2 is 1.31 bits per heavy atom. The highest BCUT2D eigenvalue weighted by Gasteiger charge is 2.42. The van der Waals surface area contributed by atoms with Gasteiger partial charge in [0.25, 0.3) is 0 Å². The Balaban J connectivity index is 1.92. The van der Waals surface area contributed by atoms with Crippen LogP contribution in [0.15, 0.2) is 97.1 Å². The average Bonchev–Trinajstić information content (AvgIpc) is 3.05. The number of fused-ring (bicyclic) bond motifs is 8. The van der Waals surface area contributed by atoms with Gasteiger partial charge in [-0.25, -0.2) is 0 Å². The van der Waals surface area contributed by atoms with E-state index in [1.165, 1.54) is 0 Å². The van der Waals surface area contributed by atoms with Crippen molar-refractivity contribution in [1.82, 2.24) is 0 Å². The van der Waals surface area contributed by atoms with Crippen molar-refractivity contribution >= 4 is 56.2 Å². The van der Waals surface area contributed by atoms with Crippen molar-refractivity contribution < 1.29 is 4.57 Å². The van der Waals surface area contributed by atoms with E-state index in [2.05, 4.69) is 24.3 Å². The van der Waals surface area contributed by atoms with Crippen LogP contribution in [0.3, 0.4) is 0 Å². The van der Waals surface area contributed by atoms with Gasteiger partial charge in [0.05, 0.1) is 0 Å². The van der Waals surface area contributed by atoms with Gasteiger partial charge in [-0.2, -0.15) is 0 Å². The van der Waals surface area contributed by atoms with Crippen LogP contribution in [0.2, 0.25) is 5.02 Å². The van der Waals surface area contributed by atoms with Gasteiger partial charge in [-0.1, -0.05) is 96.5 Å². The van der Waals surface area contributed by atoms with Crippen molar-refractivity contribution in [3.05, 3.63) is 102 Å². The van der Waals surface area contributed by atoms with Gasteiger partial charge >= 0.3 is 0 Å². The monoisotopic (exact) mass is 410 g/mol. The summed E-state index contributed by atoms with van der Waals surface area (Å²) in [5, 5.41) is 7.80. The van der Waals surface area contributed by atoms with Gasteiger partial charge in [0.2, 0.25) is 0 Å². The minimum absolute atomic E-state index is 0.708. The van der Waals surface area contributed by atoms with Crippen molar-refractivity contribution in [3.8, 4) is 11.1 Å². The third-order valence-corrected chi connectivity index (χ3v) is 9.33. The second-order valence-corrected chi connectivity index (χ2v) is 10.5. The highest BCUT2D eigenvalue weighted by molar-refractivity contribution is 7.87. The smallest absolute Gasteiger partial charge is 0.172 e. The lowest BCUT2D eigenvalue weighted by Crippen LogP contribution is -2.21. The molecule has 0 saturated heterocycles. The first-order valence-corrected chi connectivity index (χ1v) is 11.7. The summed E-state index contributed by atoms with van der Waals surface area (Å²) >= 11 is 6.37. The highest BCUT2D eigenvalue weighted by atomic mass is 35.5. The molecule has 1 atom stereocenters. The molecule has 1 heterocycles. The quantitative estimate of drug-likeness (QED) is 0.231. The zero-order valence-electron chi connectivity index (χ0n) is 15.5. The second kappa shape index (κ2) is 6.07. The molecule has 0 aromatic heterocycles. The van der Waals surface area contributed by atoms with Crippen LogP contribution in [-0.2, 0) is 4.57 Å². The van der Waals surface area contributed by atoms with Crippen LogP contribution >= 0.6 is 18.7 Å². The highest BCUT2D eigenvalue weighted by Crippen LogP contribution is 2.55. The van der Waals surface area contributed by atoms with Crippen LogP contribution in [0.1, 0.15) is 0 Å². The summed E-state index contributed by atoms with van der Waals surface area (Å²) in [7, 11) is -3.00. The first-order valence-electron chi connectivity index (χ1n) is 9.60. The zero-order valence-corrected chi connectivity index (χ0v) is 17.1. The van der Waals surface area contributed by atoms with E-state index in [1.54, 1.807) is 0 Å². The van der Waals surface area contributed by atoms with Gasteiger partial charge in [-0.3, -0.25) is 0 Å². The van der Waals surface area contributed by atoms with E-state index in [-0.39, 0.29) is 0 Å². The maximum Gasteiger partial charge on any atom is 0.172 e. The molecule has 3 heteroatoms. The van der Waals surface area contributed by atoms with Gasteiger partial charge < -0.3 is 4.57 Å². The number of halogens is 1. The zero-order chi connectivity index (χ0) is 19.6. The van der Waals surface area contributed by atoms with Crippen LogP contribution in [0.25, 0.3) is 32.7 Å². The Kier molecular flexibility index (Phi) is 3.56. The predicted molar refractivity (Wildman–Crippen MR) is 125 cm³/mol. The van der Waals surface area contributed by atoms with E-state index in [9.17, 15) is 4.57 Å². The number of benzene rings is 5. The summed E-state index contributed by atoms with van der Waals surface area (Å²) in [5.74, 6) is 0. The van der Waals surface area contributed by atoms with Crippen molar-refractivity contribution in [2.45, 2.75) is 0 Å². The molecular formula is C26H16ClOP. The van der Waals surface area contributed by atoms with Crippen molar-refractivity contribution in [2.24, 2.45) is 0 Å². The molecule has 0 bridgehead atoms. The molecule has 1 aliphatic heterocycles. The lowest BCUT2D eigenvalue weighted by molar-refractivity contribution is 0.593. The van der Waals surface area contributed by atoms with Crippen LogP contribution < -0.4 is 15.9 Å². The lowest BCUT2D eigenvalue weighted by atomic mass is 9.93. The first kappa shape index (κ1) is 17.0. The van der Waals surface area contributed by atoms with Gasteiger partial charge in [-0.15, -0.1) is 0 Å². The Hall–Kier alpha value is -2.86. The molecule has 0 saturated carbocycles. The Morgan fingerprint density at radius 1 is 0.621 bits per heavy atom. The van der Waals surface area contributed by atoms with E-state index in [4.69, 9.17) is 11.6 Å². The van der Waals surface area contributed by atoms with Crippen LogP contribution in [0.4, 0.5) is 0 Å². The third kappa shape index (κ3) is 2.20. The molecule has 1 nitrogen and oxygen atoms in total. The van der Waals surface area contributed by atoms with E-state index in [0.717, 1.165) is 48.6 Å². The van der Waals surface area contributed by atoms with Gasteiger partial charge in [0.1, 0.15) is 0 Å². The van der Waals surface area contributed by atoms with E-state index >= 15 is 0 Å². The molecule has 0 fully saturated rings. The molecule has 0 radical (unpaired) electrons. The number of rotatable bonds is 1.